The first kappa shape index (κ1) is 23.0. The summed E-state index contributed by atoms with van der Waals surface area (Å²) in [4.78, 5) is 0. The minimum atomic E-state index is 0.500. The van der Waals surface area contributed by atoms with Crippen molar-refractivity contribution in [3.63, 3.8) is 0 Å². The average molecular weight is 261 g/mol. The van der Waals surface area contributed by atoms with E-state index in [0.717, 1.165) is 6.54 Å². The zero-order valence-electron chi connectivity index (χ0n) is 13.6. The maximum atomic E-state index is 5.39. The number of nitrogens with two attached hydrogens (primary N) is 3. The molecular weight excluding hydrogens is 222 g/mol. The van der Waals surface area contributed by atoms with Crippen molar-refractivity contribution >= 4 is 0 Å². The van der Waals surface area contributed by atoms with Crippen molar-refractivity contribution in [2.24, 2.45) is 22.8 Å². The molecule has 0 rings (SSSR count). The highest BCUT2D eigenvalue weighted by Gasteiger charge is 1.95. The second-order valence-corrected chi connectivity index (χ2v) is 6.26. The van der Waals surface area contributed by atoms with E-state index < -0.39 is 0 Å². The van der Waals surface area contributed by atoms with E-state index in [4.69, 9.17) is 5.73 Å². The quantitative estimate of drug-likeness (QED) is 0.351. The van der Waals surface area contributed by atoms with Crippen LogP contribution >= 0.6 is 0 Å². The zero-order valence-corrected chi connectivity index (χ0v) is 13.6. The summed E-state index contributed by atoms with van der Waals surface area (Å²) < 4.78 is 0. The third-order valence-electron chi connectivity index (χ3n) is 2.06. The van der Waals surface area contributed by atoms with Crippen LogP contribution in [0, 0.1) is 5.41 Å². The number of rotatable bonds is 8. The van der Waals surface area contributed by atoms with Crippen molar-refractivity contribution in [1.29, 1.82) is 0 Å². The van der Waals surface area contributed by atoms with E-state index in [1.807, 2.05) is 0 Å². The molecule has 0 atom stereocenters. The molecule has 0 aromatic heterocycles. The van der Waals surface area contributed by atoms with Crippen LogP contribution in [0.4, 0.5) is 0 Å². The van der Waals surface area contributed by atoms with Crippen molar-refractivity contribution in [3.05, 3.63) is 0 Å². The Kier molecular flexibility index (Phi) is 24.6. The first-order valence-electron chi connectivity index (χ1n) is 7.45. The van der Waals surface area contributed by atoms with E-state index in [9.17, 15) is 0 Å². The number of hydrogen-bond acceptors (Lipinski definition) is 3. The van der Waals surface area contributed by atoms with Gasteiger partial charge in [-0.15, -0.1) is 0 Å². The van der Waals surface area contributed by atoms with Crippen LogP contribution in [0.1, 0.15) is 86.0 Å². The second-order valence-electron chi connectivity index (χ2n) is 6.26. The fourth-order valence-electron chi connectivity index (χ4n) is 1.28. The van der Waals surface area contributed by atoms with Crippen molar-refractivity contribution in [2.45, 2.75) is 86.0 Å². The van der Waals surface area contributed by atoms with Gasteiger partial charge in [-0.05, 0) is 18.4 Å². The highest BCUT2D eigenvalue weighted by Crippen LogP contribution is 2.08. The largest absolute Gasteiger partial charge is 0.330 e. The topological polar surface area (TPSA) is 78.1 Å². The van der Waals surface area contributed by atoms with Crippen molar-refractivity contribution in [1.82, 2.24) is 0 Å². The molecule has 3 nitrogen and oxygen atoms in total. The maximum absolute atomic E-state index is 5.39. The summed E-state index contributed by atoms with van der Waals surface area (Å²) in [5.74, 6) is 8.00. The van der Waals surface area contributed by atoms with E-state index >= 15 is 0 Å². The highest BCUT2D eigenvalue weighted by atomic mass is 15.0. The fourth-order valence-corrected chi connectivity index (χ4v) is 1.28. The Bertz CT molecular complexity index is 105. The van der Waals surface area contributed by atoms with Crippen LogP contribution < -0.4 is 17.4 Å². The van der Waals surface area contributed by atoms with Crippen molar-refractivity contribution in [2.75, 3.05) is 6.54 Å². The Balaban J connectivity index is -0.000000270. The Morgan fingerprint density at radius 3 is 1.22 bits per heavy atom. The molecule has 0 aromatic rings. The third-order valence-corrected chi connectivity index (χ3v) is 2.06. The molecule has 0 saturated carbocycles. The summed E-state index contributed by atoms with van der Waals surface area (Å²) in [5.41, 5.74) is 5.89. The minimum absolute atomic E-state index is 0.500. The van der Waals surface area contributed by atoms with E-state index in [1.165, 1.54) is 51.4 Å². The molecule has 0 bridgehead atoms. The van der Waals surface area contributed by atoms with Gasteiger partial charge >= 0.3 is 0 Å². The van der Waals surface area contributed by atoms with Gasteiger partial charge in [0.15, 0.2) is 0 Å². The van der Waals surface area contributed by atoms with Crippen LogP contribution in [0.3, 0.4) is 0 Å². The molecule has 114 valence electrons. The van der Waals surface area contributed by atoms with Crippen LogP contribution in [0.25, 0.3) is 0 Å². The summed E-state index contributed by atoms with van der Waals surface area (Å²) in [6, 6.07) is 0. The molecule has 18 heavy (non-hydrogen) atoms. The van der Waals surface area contributed by atoms with Crippen molar-refractivity contribution in [3.8, 4) is 0 Å². The molecule has 0 heterocycles. The van der Waals surface area contributed by atoms with Crippen molar-refractivity contribution < 1.29 is 0 Å². The minimum Gasteiger partial charge on any atom is -0.330 e. The first-order valence-corrected chi connectivity index (χ1v) is 7.45. The monoisotopic (exact) mass is 261 g/mol. The summed E-state index contributed by atoms with van der Waals surface area (Å²) in [5, 5.41) is 0. The summed E-state index contributed by atoms with van der Waals surface area (Å²) in [6.45, 7) is 11.9. The number of hydrogen-bond donors (Lipinski definition) is 3. The van der Waals surface area contributed by atoms with E-state index in [2.05, 4.69) is 46.3 Å². The Hall–Kier alpha value is -0.120. The maximum Gasteiger partial charge on any atom is -0.00773 e. The Labute approximate surface area is 116 Å². The number of hydrazine groups is 1. The molecule has 0 spiro atoms. The second kappa shape index (κ2) is 19.2. The molecule has 0 aliphatic heterocycles. The lowest BCUT2D eigenvalue weighted by molar-refractivity contribution is 0.469. The first-order chi connectivity index (χ1) is 8.41. The van der Waals surface area contributed by atoms with Crippen LogP contribution in [0.5, 0.6) is 0 Å². The predicted molar refractivity (Wildman–Crippen MR) is 85.2 cm³/mol. The standard InChI is InChI=1S/C10H23N.C5H12.H4N2/c1-2-3-4-5-6-7-8-9-10-11;1-5(2,3)4;1-2/h2-11H2,1H3;1-4H3;1-2H2. The SMILES string of the molecule is CC(C)(C)C.CCCCCCCCCCN.NN. The molecule has 0 aromatic carbocycles. The number of unbranched alkanes of at least 4 members (excludes halogenated alkanes) is 7. The van der Waals surface area contributed by atoms with Gasteiger partial charge in [0.05, 0.1) is 0 Å². The molecular formula is C15H39N3. The van der Waals surface area contributed by atoms with Gasteiger partial charge in [0.25, 0.3) is 0 Å². The van der Waals surface area contributed by atoms with Gasteiger partial charge in [0, 0.05) is 0 Å². The van der Waals surface area contributed by atoms with Crippen LogP contribution in [-0.2, 0) is 0 Å². The zero-order chi connectivity index (χ0) is 14.9. The van der Waals surface area contributed by atoms with Gasteiger partial charge < -0.3 is 5.73 Å². The Morgan fingerprint density at radius 1 is 0.667 bits per heavy atom. The fraction of sp³-hybridized carbons (Fsp3) is 1.00. The molecule has 0 aliphatic carbocycles. The van der Waals surface area contributed by atoms with Gasteiger partial charge in [-0.3, -0.25) is 11.7 Å². The molecule has 0 fully saturated rings. The predicted octanol–water partition coefficient (Wildman–Crippen LogP) is 3.96. The van der Waals surface area contributed by atoms with Gasteiger partial charge in [-0.25, -0.2) is 0 Å². The molecule has 0 aliphatic rings. The van der Waals surface area contributed by atoms with Gasteiger partial charge in [-0.2, -0.15) is 0 Å². The molecule has 0 saturated heterocycles. The van der Waals surface area contributed by atoms with Gasteiger partial charge in [0.1, 0.15) is 0 Å². The smallest absolute Gasteiger partial charge is 0.00773 e. The molecule has 0 amide bonds. The molecule has 0 unspecified atom stereocenters. The lowest BCUT2D eigenvalue weighted by Gasteiger charge is -2.05. The van der Waals surface area contributed by atoms with Gasteiger partial charge in [-0.1, -0.05) is 79.6 Å². The van der Waals surface area contributed by atoms with Crippen LogP contribution in [0.15, 0.2) is 0 Å². The third kappa shape index (κ3) is 56.6. The van der Waals surface area contributed by atoms with E-state index in [0.29, 0.717) is 5.41 Å². The summed E-state index contributed by atoms with van der Waals surface area (Å²) in [6.07, 6.45) is 11.0. The van der Waals surface area contributed by atoms with Crippen LogP contribution in [0.2, 0.25) is 0 Å². The van der Waals surface area contributed by atoms with E-state index in [1.54, 1.807) is 0 Å². The summed E-state index contributed by atoms with van der Waals surface area (Å²) >= 11 is 0. The lowest BCUT2D eigenvalue weighted by Crippen LogP contribution is -2.02. The highest BCUT2D eigenvalue weighted by molar-refractivity contribution is 4.47. The molecule has 3 heteroatoms. The summed E-state index contributed by atoms with van der Waals surface area (Å²) in [7, 11) is 0. The van der Waals surface area contributed by atoms with Gasteiger partial charge in [0.2, 0.25) is 0 Å². The Morgan fingerprint density at radius 2 is 0.944 bits per heavy atom. The molecule has 0 radical (unpaired) electrons. The lowest BCUT2D eigenvalue weighted by atomic mass is 10.0. The van der Waals surface area contributed by atoms with Crippen LogP contribution in [-0.4, -0.2) is 6.54 Å². The normalized spacial score (nSPS) is 10.0. The average Bonchev–Trinajstić information content (AvgIpc) is 2.29. The molecule has 6 N–H and O–H groups in total. The van der Waals surface area contributed by atoms with E-state index in [-0.39, 0.29) is 0 Å².